The number of nitrogens with zero attached hydrogens (tertiary/aromatic N) is 3. The quantitative estimate of drug-likeness (QED) is 0.828. The van der Waals surface area contributed by atoms with E-state index in [9.17, 15) is 4.79 Å². The fourth-order valence-electron chi connectivity index (χ4n) is 3.04. The normalized spacial score (nSPS) is 17.7. The summed E-state index contributed by atoms with van der Waals surface area (Å²) < 4.78 is 0. The molecule has 2 N–H and O–H groups in total. The van der Waals surface area contributed by atoms with Crippen molar-refractivity contribution in [2.24, 2.45) is 0 Å². The van der Waals surface area contributed by atoms with Crippen molar-refractivity contribution in [2.45, 2.75) is 38.5 Å². The van der Waals surface area contributed by atoms with Crippen LogP contribution in [0.2, 0.25) is 0 Å². The number of likely N-dealkylation sites (tertiary alicyclic amines) is 1. The molecule has 1 aromatic heterocycles. The third kappa shape index (κ3) is 3.93. The van der Waals surface area contributed by atoms with Gasteiger partial charge in [-0.25, -0.2) is 9.78 Å². The minimum absolute atomic E-state index is 0.0379. The van der Waals surface area contributed by atoms with Gasteiger partial charge in [-0.3, -0.25) is 5.10 Å². The number of aromatic amines is 1. The van der Waals surface area contributed by atoms with Crippen molar-refractivity contribution in [3.8, 4) is 11.4 Å². The van der Waals surface area contributed by atoms with Crippen LogP contribution >= 0.6 is 0 Å². The lowest BCUT2D eigenvalue weighted by atomic mass is 9.97. The number of carbonyl (C=O) groups is 1. The van der Waals surface area contributed by atoms with Crippen molar-refractivity contribution < 1.29 is 4.79 Å². The van der Waals surface area contributed by atoms with Gasteiger partial charge >= 0.3 is 6.03 Å². The first-order chi connectivity index (χ1) is 11.8. The molecule has 0 spiro atoms. The highest BCUT2D eigenvalue weighted by atomic mass is 16.2. The summed E-state index contributed by atoms with van der Waals surface area (Å²) in [5.74, 6) is 1.82. The van der Waals surface area contributed by atoms with Gasteiger partial charge in [-0.15, -0.1) is 0 Å². The van der Waals surface area contributed by atoms with Gasteiger partial charge in [-0.2, -0.15) is 5.10 Å². The van der Waals surface area contributed by atoms with Crippen molar-refractivity contribution in [1.82, 2.24) is 25.4 Å². The van der Waals surface area contributed by atoms with Gasteiger partial charge in [0, 0.05) is 31.1 Å². The van der Waals surface area contributed by atoms with E-state index in [1.807, 2.05) is 35.2 Å². The summed E-state index contributed by atoms with van der Waals surface area (Å²) in [6.07, 6.45) is 4.13. The molecule has 1 atom stereocenters. The van der Waals surface area contributed by atoms with Gasteiger partial charge in [-0.1, -0.05) is 43.7 Å². The standard InChI is InChI=1S/C18H25N5O/c1-2-3-11-19-18(24)23-12-7-10-15(13-23)17-20-16(21-22-17)14-8-5-4-6-9-14/h4-6,8-9,15H,2-3,7,10-13H2,1H3,(H,19,24)(H,20,21,22)/t15-/m1/s1. The summed E-state index contributed by atoms with van der Waals surface area (Å²) in [5.41, 5.74) is 1.00. The molecule has 1 aromatic carbocycles. The number of benzene rings is 1. The van der Waals surface area contributed by atoms with E-state index >= 15 is 0 Å². The third-order valence-electron chi connectivity index (χ3n) is 4.44. The Labute approximate surface area is 142 Å². The molecule has 0 radical (unpaired) electrons. The molecule has 0 saturated carbocycles. The van der Waals surface area contributed by atoms with Crippen LogP contribution in [-0.2, 0) is 0 Å². The number of piperidine rings is 1. The molecular weight excluding hydrogens is 302 g/mol. The molecule has 6 nitrogen and oxygen atoms in total. The molecular formula is C18H25N5O. The number of hydrogen-bond acceptors (Lipinski definition) is 3. The number of carbonyl (C=O) groups excluding carboxylic acids is 1. The van der Waals surface area contributed by atoms with Gasteiger partial charge in [0.05, 0.1) is 0 Å². The predicted molar refractivity (Wildman–Crippen MR) is 93.7 cm³/mol. The second-order valence-electron chi connectivity index (χ2n) is 6.28. The number of nitrogens with one attached hydrogen (secondary N) is 2. The fourth-order valence-corrected chi connectivity index (χ4v) is 3.04. The average molecular weight is 327 g/mol. The smallest absolute Gasteiger partial charge is 0.317 e. The Balaban J connectivity index is 1.63. The van der Waals surface area contributed by atoms with E-state index in [1.165, 1.54) is 0 Å². The molecule has 0 bridgehead atoms. The molecule has 2 amide bonds. The first-order valence-corrected chi connectivity index (χ1v) is 8.78. The molecule has 1 fully saturated rings. The number of H-pyrrole nitrogens is 1. The molecule has 1 saturated heterocycles. The van der Waals surface area contributed by atoms with Gasteiger partial charge < -0.3 is 10.2 Å². The molecule has 1 aliphatic heterocycles. The highest BCUT2D eigenvalue weighted by Crippen LogP contribution is 2.26. The third-order valence-corrected chi connectivity index (χ3v) is 4.44. The second kappa shape index (κ2) is 7.95. The van der Waals surface area contributed by atoms with Crippen molar-refractivity contribution in [3.63, 3.8) is 0 Å². The van der Waals surface area contributed by atoms with Crippen molar-refractivity contribution in [1.29, 1.82) is 0 Å². The maximum absolute atomic E-state index is 12.2. The van der Waals surface area contributed by atoms with Crippen molar-refractivity contribution in [3.05, 3.63) is 36.2 Å². The van der Waals surface area contributed by atoms with Crippen LogP contribution in [0.15, 0.2) is 30.3 Å². The number of aromatic nitrogens is 3. The zero-order valence-electron chi connectivity index (χ0n) is 14.2. The second-order valence-corrected chi connectivity index (χ2v) is 6.28. The molecule has 6 heteroatoms. The summed E-state index contributed by atoms with van der Waals surface area (Å²) in [7, 11) is 0. The van der Waals surface area contributed by atoms with Gasteiger partial charge in [0.25, 0.3) is 0 Å². The Morgan fingerprint density at radius 2 is 2.21 bits per heavy atom. The Morgan fingerprint density at radius 1 is 1.38 bits per heavy atom. The van der Waals surface area contributed by atoms with E-state index in [0.717, 1.165) is 56.0 Å². The topological polar surface area (TPSA) is 73.9 Å². The number of amides is 2. The van der Waals surface area contributed by atoms with Gasteiger partial charge in [0.1, 0.15) is 5.82 Å². The molecule has 1 aliphatic rings. The SMILES string of the molecule is CCCCNC(=O)N1CCC[C@@H](c2nc(-c3ccccc3)n[nH]2)C1. The van der Waals surface area contributed by atoms with Crippen LogP contribution in [0.4, 0.5) is 4.79 Å². The van der Waals surface area contributed by atoms with Gasteiger partial charge in [-0.05, 0) is 19.3 Å². The molecule has 0 unspecified atom stereocenters. The number of hydrogen-bond donors (Lipinski definition) is 2. The minimum atomic E-state index is 0.0379. The lowest BCUT2D eigenvalue weighted by Gasteiger charge is -2.31. The summed E-state index contributed by atoms with van der Waals surface area (Å²) in [5, 5.41) is 10.4. The molecule has 3 rings (SSSR count). The van der Waals surface area contributed by atoms with Crippen molar-refractivity contribution in [2.75, 3.05) is 19.6 Å². The maximum atomic E-state index is 12.2. The largest absolute Gasteiger partial charge is 0.338 e. The van der Waals surface area contributed by atoms with Gasteiger partial charge in [0.15, 0.2) is 5.82 Å². The summed E-state index contributed by atoms with van der Waals surface area (Å²) in [4.78, 5) is 18.8. The van der Waals surface area contributed by atoms with Crippen LogP contribution < -0.4 is 5.32 Å². The van der Waals surface area contributed by atoms with Crippen LogP contribution in [0.1, 0.15) is 44.3 Å². The number of unbranched alkanes of at least 4 members (excludes halogenated alkanes) is 1. The van der Waals surface area contributed by atoms with Crippen LogP contribution in [-0.4, -0.2) is 45.7 Å². The van der Waals surface area contributed by atoms with E-state index in [-0.39, 0.29) is 11.9 Å². The molecule has 2 aromatic rings. The van der Waals surface area contributed by atoms with E-state index in [1.54, 1.807) is 0 Å². The zero-order chi connectivity index (χ0) is 16.8. The Bertz CT molecular complexity index is 654. The van der Waals surface area contributed by atoms with Gasteiger partial charge in [0.2, 0.25) is 0 Å². The summed E-state index contributed by atoms with van der Waals surface area (Å²) in [6.45, 7) is 4.38. The van der Waals surface area contributed by atoms with Crippen LogP contribution in [0.3, 0.4) is 0 Å². The van der Waals surface area contributed by atoms with Crippen LogP contribution in [0.25, 0.3) is 11.4 Å². The molecule has 0 aliphatic carbocycles. The Morgan fingerprint density at radius 3 is 3.00 bits per heavy atom. The van der Waals surface area contributed by atoms with Crippen LogP contribution in [0, 0.1) is 0 Å². The first kappa shape index (κ1) is 16.5. The van der Waals surface area contributed by atoms with E-state index in [0.29, 0.717) is 6.54 Å². The molecule has 24 heavy (non-hydrogen) atoms. The fraction of sp³-hybridized carbons (Fsp3) is 0.500. The first-order valence-electron chi connectivity index (χ1n) is 8.78. The van der Waals surface area contributed by atoms with E-state index < -0.39 is 0 Å². The molecule has 2 heterocycles. The average Bonchev–Trinajstić information content (AvgIpc) is 3.13. The van der Waals surface area contributed by atoms with Crippen molar-refractivity contribution >= 4 is 6.03 Å². The Hall–Kier alpha value is -2.37. The number of rotatable bonds is 5. The summed E-state index contributed by atoms with van der Waals surface area (Å²) >= 11 is 0. The monoisotopic (exact) mass is 327 g/mol. The summed E-state index contributed by atoms with van der Waals surface area (Å²) in [6, 6.07) is 9.98. The highest BCUT2D eigenvalue weighted by molar-refractivity contribution is 5.74. The lowest BCUT2D eigenvalue weighted by Crippen LogP contribution is -2.45. The Kier molecular flexibility index (Phi) is 5.46. The zero-order valence-corrected chi connectivity index (χ0v) is 14.2. The van der Waals surface area contributed by atoms with E-state index in [2.05, 4.69) is 27.4 Å². The highest BCUT2D eigenvalue weighted by Gasteiger charge is 2.26. The predicted octanol–water partition coefficient (Wildman–Crippen LogP) is 3.16. The lowest BCUT2D eigenvalue weighted by molar-refractivity contribution is 0.178. The minimum Gasteiger partial charge on any atom is -0.338 e. The maximum Gasteiger partial charge on any atom is 0.317 e. The molecule has 128 valence electrons. The number of urea groups is 1. The van der Waals surface area contributed by atoms with E-state index in [4.69, 9.17) is 0 Å². The van der Waals surface area contributed by atoms with Crippen LogP contribution in [0.5, 0.6) is 0 Å².